The summed E-state index contributed by atoms with van der Waals surface area (Å²) in [6.45, 7) is 4.79. The molecular weight excluding hydrogens is 984 g/mol. The summed E-state index contributed by atoms with van der Waals surface area (Å²) in [7, 11) is 1.90. The summed E-state index contributed by atoms with van der Waals surface area (Å²) in [6, 6.07) is 27.7. The van der Waals surface area contributed by atoms with Gasteiger partial charge in [-0.15, -0.1) is 0 Å². The Bertz CT molecular complexity index is 3380. The van der Waals surface area contributed by atoms with E-state index in [-0.39, 0.29) is 40.4 Å². The van der Waals surface area contributed by atoms with Gasteiger partial charge in [0.1, 0.15) is 16.0 Å². The average molecular weight is 1040 g/mol. The molecule has 1 unspecified atom stereocenters. The van der Waals surface area contributed by atoms with Gasteiger partial charge in [0, 0.05) is 74.2 Å². The van der Waals surface area contributed by atoms with Gasteiger partial charge in [-0.2, -0.15) is 18.3 Å². The molecule has 1 atom stereocenters. The van der Waals surface area contributed by atoms with E-state index >= 15 is 13.2 Å². The number of aryl methyl sites for hydroxylation is 1. The molecule has 3 aliphatic heterocycles. The minimum absolute atomic E-state index is 0.191. The lowest BCUT2D eigenvalue weighted by molar-refractivity contribution is -0.440. The zero-order valence-corrected chi connectivity index (χ0v) is 41.9. The van der Waals surface area contributed by atoms with Crippen LogP contribution in [-0.4, -0.2) is 110 Å². The Morgan fingerprint density at radius 2 is 1.73 bits per heavy atom. The first-order valence-corrected chi connectivity index (χ1v) is 26.2. The number of thiazole rings is 1. The lowest BCUT2D eigenvalue weighted by Crippen LogP contribution is -2.46. The predicted molar refractivity (Wildman–Crippen MR) is 277 cm³/mol. The highest BCUT2D eigenvalue weighted by molar-refractivity contribution is 7.22. The normalized spacial score (nSPS) is 19.3. The van der Waals surface area contributed by atoms with Crippen molar-refractivity contribution in [3.05, 3.63) is 125 Å². The number of fused-ring (bicyclic) bond motifs is 3. The van der Waals surface area contributed by atoms with Crippen LogP contribution in [0.5, 0.6) is 5.75 Å². The van der Waals surface area contributed by atoms with Crippen LogP contribution in [0.1, 0.15) is 101 Å². The zero-order chi connectivity index (χ0) is 52.0. The molecule has 75 heavy (non-hydrogen) atoms. The molecule has 384 valence electrons. The van der Waals surface area contributed by atoms with E-state index in [0.29, 0.717) is 72.0 Å². The summed E-state index contributed by atoms with van der Waals surface area (Å²) < 4.78 is 56.0. The minimum Gasteiger partial charge on any atom is -0.490 e. The molecule has 1 saturated carbocycles. The first kappa shape index (κ1) is 49.5. The van der Waals surface area contributed by atoms with Gasteiger partial charge in [0.25, 0.3) is 11.6 Å². The van der Waals surface area contributed by atoms with Gasteiger partial charge in [-0.3, -0.25) is 34.6 Å². The molecule has 1 aliphatic carbocycles. The zero-order valence-electron chi connectivity index (χ0n) is 41.1. The molecule has 3 N–H and O–H groups in total. The number of piperidine rings is 1. The standard InChI is InChI=1S/C56H52F3N9O6S/c1-65-51-39(49(64-65)40-22-24-47(69)62-53(40)71)12-5-14-43(51)67-30-28-66(29-31-67)26-7-8-33-17-19-35(20-18-33)74-44-15-6-10-36(48(44)56(57,58)59)37-21-23-46(61-50(37)54(72)73)68-27-25-34-9-4-11-38(41(34)32-68)52(70)63-55-60-42-13-2-3-16-45(42)75-55/h2,4-6,9-15,21,23,32-33,35,40H,7-8,17-20,22,24-31H2,1H3,(H2-,60,62,63,69,70,71,72,73)/p+1. The van der Waals surface area contributed by atoms with Gasteiger partial charge in [0.2, 0.25) is 11.8 Å². The van der Waals surface area contributed by atoms with Crippen LogP contribution in [0.4, 0.5) is 29.8 Å². The Balaban J connectivity index is 0.713. The maximum Gasteiger partial charge on any atom is 0.420 e. The molecule has 4 aromatic carbocycles. The summed E-state index contributed by atoms with van der Waals surface area (Å²) in [5, 5.41) is 21.9. The van der Waals surface area contributed by atoms with Crippen LogP contribution in [-0.2, 0) is 29.2 Å². The number of para-hydroxylation sites is 1. The molecule has 3 aromatic heterocycles. The smallest absolute Gasteiger partial charge is 0.420 e. The number of carboxylic acids is 1. The molecule has 3 amide bonds. The number of piperazine rings is 1. The van der Waals surface area contributed by atoms with Gasteiger partial charge in [0.15, 0.2) is 5.13 Å². The van der Waals surface area contributed by atoms with Crippen LogP contribution in [0.15, 0.2) is 78.9 Å². The second kappa shape index (κ2) is 20.6. The van der Waals surface area contributed by atoms with E-state index in [4.69, 9.17) is 9.84 Å². The van der Waals surface area contributed by atoms with Crippen LogP contribution < -0.4 is 20.3 Å². The molecule has 19 heteroatoms. The van der Waals surface area contributed by atoms with Crippen molar-refractivity contribution in [2.45, 2.75) is 76.0 Å². The topological polar surface area (TPSA) is 175 Å². The van der Waals surface area contributed by atoms with Gasteiger partial charge in [0.05, 0.1) is 52.8 Å². The summed E-state index contributed by atoms with van der Waals surface area (Å²) in [4.78, 5) is 64.7. The Kier molecular flexibility index (Phi) is 13.6. The van der Waals surface area contributed by atoms with Crippen LogP contribution in [0, 0.1) is 18.1 Å². The molecule has 6 heterocycles. The lowest BCUT2D eigenvalue weighted by Gasteiger charge is -2.37. The summed E-state index contributed by atoms with van der Waals surface area (Å²) in [5.41, 5.74) is 3.19. The lowest BCUT2D eigenvalue weighted by atomic mass is 9.84. The van der Waals surface area contributed by atoms with Gasteiger partial charge in [-0.1, -0.05) is 53.8 Å². The van der Waals surface area contributed by atoms with Crippen LogP contribution >= 0.6 is 11.3 Å². The first-order chi connectivity index (χ1) is 36.2. The number of alkyl halides is 3. The van der Waals surface area contributed by atoms with Crippen LogP contribution in [0.2, 0.25) is 0 Å². The van der Waals surface area contributed by atoms with Gasteiger partial charge in [-0.25, -0.2) is 14.4 Å². The number of benzene rings is 3. The van der Waals surface area contributed by atoms with Gasteiger partial charge >= 0.3 is 18.0 Å². The Labute approximate surface area is 434 Å². The number of halogens is 3. The summed E-state index contributed by atoms with van der Waals surface area (Å²) >= 11 is 1.27. The number of hydrogen-bond acceptors (Lipinski definition) is 11. The van der Waals surface area contributed by atoms with Crippen molar-refractivity contribution in [1.29, 1.82) is 0 Å². The number of nitrogens with zero attached hydrogens (tertiary/aromatic N) is 7. The van der Waals surface area contributed by atoms with Crippen molar-refractivity contribution in [2.75, 3.05) is 49.5 Å². The van der Waals surface area contributed by atoms with E-state index in [0.717, 1.165) is 85.3 Å². The second-order valence-electron chi connectivity index (χ2n) is 19.7. The second-order valence-corrected chi connectivity index (χ2v) is 20.7. The molecular formula is C56H53F3N9O6S+. The highest BCUT2D eigenvalue weighted by atomic mass is 32.1. The van der Waals surface area contributed by atoms with E-state index < -0.39 is 35.4 Å². The van der Waals surface area contributed by atoms with E-state index in [9.17, 15) is 24.3 Å². The van der Waals surface area contributed by atoms with E-state index in [1.54, 1.807) is 35.1 Å². The van der Waals surface area contributed by atoms with Crippen molar-refractivity contribution >= 4 is 79.0 Å². The summed E-state index contributed by atoms with van der Waals surface area (Å²) in [5.74, 6) is -2.60. The van der Waals surface area contributed by atoms with Crippen molar-refractivity contribution < 1.29 is 46.8 Å². The largest absolute Gasteiger partial charge is 0.490 e. The Morgan fingerprint density at radius 3 is 2.51 bits per heavy atom. The quantitative estimate of drug-likeness (QED) is 0.0742. The number of nitrogens with one attached hydrogen (secondary N) is 2. The number of imide groups is 1. The minimum atomic E-state index is -4.88. The van der Waals surface area contributed by atoms with Crippen molar-refractivity contribution in [3.8, 4) is 16.9 Å². The number of anilines is 2. The highest BCUT2D eigenvalue weighted by Crippen LogP contribution is 2.45. The number of aromatic carboxylic acids is 1. The number of pyridine rings is 1. The fourth-order valence-electron chi connectivity index (χ4n) is 11.3. The first-order valence-electron chi connectivity index (χ1n) is 25.4. The number of carbonyl (C=O) groups excluding carboxylic acids is 3. The molecule has 0 radical (unpaired) electrons. The molecule has 0 bridgehead atoms. The molecule has 11 rings (SSSR count). The average Bonchev–Trinajstić information content (AvgIpc) is 3.98. The van der Waals surface area contributed by atoms with Gasteiger partial charge < -0.3 is 14.7 Å². The van der Waals surface area contributed by atoms with Crippen molar-refractivity contribution in [1.82, 2.24) is 30.0 Å². The third kappa shape index (κ3) is 10.2. The maximum absolute atomic E-state index is 15.2. The van der Waals surface area contributed by atoms with E-state index in [1.807, 2.05) is 29.9 Å². The number of ether oxygens (including phenoxy) is 1. The fraction of sp³-hybridized carbons (Fsp3) is 0.357. The van der Waals surface area contributed by atoms with Gasteiger partial charge in [-0.05, 0) is 110 Å². The molecule has 15 nitrogen and oxygen atoms in total. The number of hydrogen-bond donors (Lipinski definition) is 3. The van der Waals surface area contributed by atoms with Crippen molar-refractivity contribution in [2.24, 2.45) is 13.0 Å². The monoisotopic (exact) mass is 1040 g/mol. The fourth-order valence-corrected chi connectivity index (χ4v) is 12.1. The number of amides is 3. The third-order valence-electron chi connectivity index (χ3n) is 15.0. The number of carboxylic acid groups (broad SMARTS) is 1. The van der Waals surface area contributed by atoms with Crippen LogP contribution in [0.3, 0.4) is 0 Å². The third-order valence-corrected chi connectivity index (χ3v) is 15.9. The molecule has 4 aliphatic rings. The highest BCUT2D eigenvalue weighted by Gasteiger charge is 2.41. The van der Waals surface area contributed by atoms with E-state index in [1.165, 1.54) is 41.7 Å². The maximum atomic E-state index is 15.2. The molecule has 0 spiro atoms. The van der Waals surface area contributed by atoms with Crippen molar-refractivity contribution in [3.63, 3.8) is 0 Å². The molecule has 7 aromatic rings. The SMILES string of the molecule is Cn1nc(C2CCC(=O)NC2=O)c2cccc(N3CCN(CCCC4CCC(Oc5cccc(-c6ccc([N+]7=Cc8c(cccc8C(=O)Nc8nc9ccc#cc9s8)CC7)nc6C(=O)O)c5C(F)(F)F)CC4)CC3)c21. The number of aromatic nitrogens is 4. The summed E-state index contributed by atoms with van der Waals surface area (Å²) in [6.07, 6.45) is 2.51. The Hall–Kier alpha value is -7.69. The number of rotatable bonds is 13. The number of carbonyl (C=O) groups is 4. The van der Waals surface area contributed by atoms with E-state index in [2.05, 4.69) is 48.6 Å². The van der Waals surface area contributed by atoms with Crippen LogP contribution in [0.25, 0.3) is 32.2 Å². The molecule has 3 fully saturated rings. The Morgan fingerprint density at radius 1 is 0.933 bits per heavy atom. The molecule has 2 saturated heterocycles. The predicted octanol–water partition coefficient (Wildman–Crippen LogP) is 9.19.